The molecule has 2 rings (SSSR count). The summed E-state index contributed by atoms with van der Waals surface area (Å²) < 4.78 is 5.28. The highest BCUT2D eigenvalue weighted by molar-refractivity contribution is 5.88. The third-order valence-electron chi connectivity index (χ3n) is 5.58. The zero-order valence-corrected chi connectivity index (χ0v) is 18.3. The molecule has 0 bridgehead atoms. The molecule has 1 aliphatic rings. The molecule has 1 saturated heterocycles. The smallest absolute Gasteiger partial charge is 0.242 e. The van der Waals surface area contributed by atoms with Gasteiger partial charge in [0, 0.05) is 31.1 Å². The van der Waals surface area contributed by atoms with Crippen LogP contribution in [0, 0.1) is 11.8 Å². The molecule has 8 heteroatoms. The van der Waals surface area contributed by atoms with Gasteiger partial charge in [0.1, 0.15) is 11.8 Å². The molecule has 0 aromatic heterocycles. The molecule has 0 saturated carbocycles. The number of benzene rings is 1. The van der Waals surface area contributed by atoms with Gasteiger partial charge in [-0.05, 0) is 31.7 Å². The fourth-order valence-electron chi connectivity index (χ4n) is 3.44. The van der Waals surface area contributed by atoms with Crippen LogP contribution in [0.25, 0.3) is 0 Å². The van der Waals surface area contributed by atoms with Gasteiger partial charge in [-0.2, -0.15) is 0 Å². The molecule has 0 spiro atoms. The summed E-state index contributed by atoms with van der Waals surface area (Å²) in [7, 11) is 1.58. The second-order valence-electron chi connectivity index (χ2n) is 8.13. The molecule has 1 aromatic carbocycles. The van der Waals surface area contributed by atoms with E-state index in [1.807, 2.05) is 38.1 Å². The molecule has 2 unspecified atom stereocenters. The first-order chi connectivity index (χ1) is 14.2. The third-order valence-corrected chi connectivity index (χ3v) is 5.58. The summed E-state index contributed by atoms with van der Waals surface area (Å²) in [4.78, 5) is 39.0. The van der Waals surface area contributed by atoms with Crippen molar-refractivity contribution in [2.75, 3.05) is 20.2 Å². The van der Waals surface area contributed by atoms with E-state index in [0.717, 1.165) is 5.56 Å². The molecule has 0 aliphatic carbocycles. The maximum atomic E-state index is 12.6. The SMILES string of the molecule is COc1ccccc1CNC(=O)C(C)NC(=O)C1CCN(C(=O)C(N)C(C)C)CC1. The van der Waals surface area contributed by atoms with E-state index in [2.05, 4.69) is 10.6 Å². The number of ether oxygens (including phenoxy) is 1. The summed E-state index contributed by atoms with van der Waals surface area (Å²) in [6.07, 6.45) is 1.13. The van der Waals surface area contributed by atoms with Gasteiger partial charge in [-0.3, -0.25) is 14.4 Å². The van der Waals surface area contributed by atoms with Crippen LogP contribution in [0.2, 0.25) is 0 Å². The number of methoxy groups -OCH3 is 1. The van der Waals surface area contributed by atoms with Crippen LogP contribution in [0.3, 0.4) is 0 Å². The van der Waals surface area contributed by atoms with Gasteiger partial charge < -0.3 is 26.0 Å². The molecule has 1 fully saturated rings. The third kappa shape index (κ3) is 6.19. The predicted molar refractivity (Wildman–Crippen MR) is 115 cm³/mol. The van der Waals surface area contributed by atoms with Crippen LogP contribution in [0.1, 0.15) is 39.2 Å². The number of nitrogens with two attached hydrogens (primary N) is 1. The van der Waals surface area contributed by atoms with Crippen molar-refractivity contribution in [3.8, 4) is 5.75 Å². The first-order valence-electron chi connectivity index (χ1n) is 10.5. The van der Waals surface area contributed by atoms with E-state index in [1.54, 1.807) is 18.9 Å². The van der Waals surface area contributed by atoms with Crippen molar-refractivity contribution in [2.24, 2.45) is 17.6 Å². The lowest BCUT2D eigenvalue weighted by Crippen LogP contribution is -2.52. The number of para-hydroxylation sites is 1. The van der Waals surface area contributed by atoms with Crippen molar-refractivity contribution in [3.63, 3.8) is 0 Å². The summed E-state index contributed by atoms with van der Waals surface area (Å²) in [5, 5.41) is 5.62. The Morgan fingerprint density at radius 1 is 1.17 bits per heavy atom. The van der Waals surface area contributed by atoms with E-state index in [0.29, 0.717) is 38.2 Å². The number of amides is 3. The summed E-state index contributed by atoms with van der Waals surface area (Å²) >= 11 is 0. The lowest BCUT2D eigenvalue weighted by atomic mass is 9.94. The van der Waals surface area contributed by atoms with Crippen LogP contribution in [0.15, 0.2) is 24.3 Å². The molecule has 2 atom stereocenters. The highest BCUT2D eigenvalue weighted by atomic mass is 16.5. The topological polar surface area (TPSA) is 114 Å². The minimum atomic E-state index is -0.652. The van der Waals surface area contributed by atoms with Gasteiger partial charge in [0.25, 0.3) is 0 Å². The van der Waals surface area contributed by atoms with E-state index in [4.69, 9.17) is 10.5 Å². The van der Waals surface area contributed by atoms with E-state index >= 15 is 0 Å². The van der Waals surface area contributed by atoms with Crippen molar-refractivity contribution in [3.05, 3.63) is 29.8 Å². The Bertz CT molecular complexity index is 744. The number of rotatable bonds is 8. The van der Waals surface area contributed by atoms with Gasteiger partial charge >= 0.3 is 0 Å². The Labute approximate surface area is 178 Å². The first kappa shape index (κ1) is 23.7. The molecule has 1 heterocycles. The minimum absolute atomic E-state index is 0.0621. The van der Waals surface area contributed by atoms with Crippen LogP contribution in [0.4, 0.5) is 0 Å². The van der Waals surface area contributed by atoms with E-state index in [-0.39, 0.29) is 29.6 Å². The van der Waals surface area contributed by atoms with Crippen LogP contribution in [-0.4, -0.2) is 54.9 Å². The van der Waals surface area contributed by atoms with Gasteiger partial charge in [-0.15, -0.1) is 0 Å². The Hall–Kier alpha value is -2.61. The number of likely N-dealkylation sites (tertiary alicyclic amines) is 1. The summed E-state index contributed by atoms with van der Waals surface area (Å²) in [6, 6.07) is 6.28. The Morgan fingerprint density at radius 2 is 1.80 bits per heavy atom. The molecule has 1 aliphatic heterocycles. The van der Waals surface area contributed by atoms with Gasteiger partial charge in [0.2, 0.25) is 17.7 Å². The number of piperidine rings is 1. The second kappa shape index (κ2) is 11.0. The highest BCUT2D eigenvalue weighted by Gasteiger charge is 2.31. The van der Waals surface area contributed by atoms with Crippen molar-refractivity contribution >= 4 is 17.7 Å². The average Bonchev–Trinajstić information content (AvgIpc) is 2.76. The average molecular weight is 419 g/mol. The highest BCUT2D eigenvalue weighted by Crippen LogP contribution is 2.19. The van der Waals surface area contributed by atoms with Crippen LogP contribution in [0.5, 0.6) is 5.75 Å². The van der Waals surface area contributed by atoms with Crippen molar-refractivity contribution < 1.29 is 19.1 Å². The number of hydrogen-bond acceptors (Lipinski definition) is 5. The lowest BCUT2D eigenvalue weighted by Gasteiger charge is -2.34. The van der Waals surface area contributed by atoms with Crippen LogP contribution in [-0.2, 0) is 20.9 Å². The molecule has 166 valence electrons. The number of carbonyl (C=O) groups excluding carboxylic acids is 3. The quantitative estimate of drug-likeness (QED) is 0.584. The van der Waals surface area contributed by atoms with Crippen molar-refractivity contribution in [1.82, 2.24) is 15.5 Å². The lowest BCUT2D eigenvalue weighted by molar-refractivity contribution is -0.138. The molecule has 30 heavy (non-hydrogen) atoms. The summed E-state index contributed by atoms with van der Waals surface area (Å²) in [5.74, 6) is 0.0865. The van der Waals surface area contributed by atoms with Crippen LogP contribution < -0.4 is 21.1 Å². The monoisotopic (exact) mass is 418 g/mol. The summed E-state index contributed by atoms with van der Waals surface area (Å²) in [5.41, 5.74) is 6.81. The van der Waals surface area contributed by atoms with Gasteiger partial charge in [-0.25, -0.2) is 0 Å². The fraction of sp³-hybridized carbons (Fsp3) is 0.591. The molecule has 0 radical (unpaired) electrons. The first-order valence-corrected chi connectivity index (χ1v) is 10.5. The minimum Gasteiger partial charge on any atom is -0.496 e. The van der Waals surface area contributed by atoms with Crippen molar-refractivity contribution in [1.29, 1.82) is 0 Å². The Balaban J connectivity index is 1.79. The standard InChI is InChI=1S/C22H34N4O4/c1-14(2)19(23)22(29)26-11-9-16(10-12-26)21(28)25-15(3)20(27)24-13-17-7-5-6-8-18(17)30-4/h5-8,14-16,19H,9-13,23H2,1-4H3,(H,24,27)(H,25,28). The maximum absolute atomic E-state index is 12.6. The normalized spacial score (nSPS) is 16.7. The molecular weight excluding hydrogens is 384 g/mol. The molecule has 3 amide bonds. The van der Waals surface area contributed by atoms with Gasteiger partial charge in [-0.1, -0.05) is 32.0 Å². The molecule has 1 aromatic rings. The van der Waals surface area contributed by atoms with Crippen molar-refractivity contribution in [2.45, 2.75) is 52.2 Å². The van der Waals surface area contributed by atoms with E-state index in [1.165, 1.54) is 0 Å². The predicted octanol–water partition coefficient (Wildman–Crippen LogP) is 1.04. The number of nitrogens with one attached hydrogen (secondary N) is 2. The summed E-state index contributed by atoms with van der Waals surface area (Å²) in [6.45, 7) is 6.83. The zero-order valence-electron chi connectivity index (χ0n) is 18.3. The number of nitrogens with zero attached hydrogens (tertiary/aromatic N) is 1. The number of carbonyl (C=O) groups is 3. The molecule has 8 nitrogen and oxygen atoms in total. The Morgan fingerprint density at radius 3 is 2.40 bits per heavy atom. The van der Waals surface area contributed by atoms with Crippen LogP contribution >= 0.6 is 0 Å². The maximum Gasteiger partial charge on any atom is 0.242 e. The molecule has 4 N–H and O–H groups in total. The molecular formula is C22H34N4O4. The van der Waals surface area contributed by atoms with Gasteiger partial charge in [0.15, 0.2) is 0 Å². The largest absolute Gasteiger partial charge is 0.496 e. The number of hydrogen-bond donors (Lipinski definition) is 3. The second-order valence-corrected chi connectivity index (χ2v) is 8.13. The van der Waals surface area contributed by atoms with Gasteiger partial charge in [0.05, 0.1) is 13.2 Å². The zero-order chi connectivity index (χ0) is 22.3. The Kier molecular flexibility index (Phi) is 8.65. The fourth-order valence-corrected chi connectivity index (χ4v) is 3.44. The van der Waals surface area contributed by atoms with E-state index in [9.17, 15) is 14.4 Å². The van der Waals surface area contributed by atoms with E-state index < -0.39 is 12.1 Å².